The topological polar surface area (TPSA) is 35.5 Å². The summed E-state index contributed by atoms with van der Waals surface area (Å²) in [5.41, 5.74) is 0. The molecule has 0 N–H and O–H groups in total. The summed E-state index contributed by atoms with van der Waals surface area (Å²) in [4.78, 5) is 12.1. The molecular formula is C25H34O3Si. The van der Waals surface area contributed by atoms with E-state index in [4.69, 9.17) is 9.16 Å². The number of carbonyl (C=O) groups excluding carboxylic acids is 1. The minimum absolute atomic E-state index is 0.00718. The second kappa shape index (κ2) is 9.27. The molecule has 2 unspecified atom stereocenters. The fraction of sp³-hybridized carbons (Fsp3) is 0.480. The van der Waals surface area contributed by atoms with E-state index in [0.717, 1.165) is 32.1 Å². The summed E-state index contributed by atoms with van der Waals surface area (Å²) in [7, 11) is -1.04. The zero-order chi connectivity index (χ0) is 20.9. The SMILES string of the molecule is COC(=O)C1CCCC(O[Si](c2ccccc2)(c2ccccc2)C(C)(C)C)CC1. The largest absolute Gasteiger partial charge is 0.469 e. The molecule has 0 amide bonds. The van der Waals surface area contributed by atoms with Crippen LogP contribution in [0.15, 0.2) is 60.7 Å². The van der Waals surface area contributed by atoms with Crippen LogP contribution >= 0.6 is 0 Å². The number of hydrogen-bond donors (Lipinski definition) is 0. The van der Waals surface area contributed by atoms with Crippen LogP contribution in [0.4, 0.5) is 0 Å². The van der Waals surface area contributed by atoms with Gasteiger partial charge in [-0.05, 0) is 41.1 Å². The number of esters is 1. The highest BCUT2D eigenvalue weighted by atomic mass is 28.4. The Morgan fingerprint density at radius 3 is 1.90 bits per heavy atom. The smallest absolute Gasteiger partial charge is 0.308 e. The average Bonchev–Trinajstić information content (AvgIpc) is 2.97. The van der Waals surface area contributed by atoms with Crippen LogP contribution in [0.5, 0.6) is 0 Å². The second-order valence-electron chi connectivity index (χ2n) is 9.13. The van der Waals surface area contributed by atoms with Crippen LogP contribution in [0.2, 0.25) is 5.04 Å². The van der Waals surface area contributed by atoms with Crippen molar-refractivity contribution in [2.75, 3.05) is 7.11 Å². The van der Waals surface area contributed by atoms with Crippen molar-refractivity contribution in [3.63, 3.8) is 0 Å². The van der Waals surface area contributed by atoms with Gasteiger partial charge in [-0.3, -0.25) is 4.79 Å². The van der Waals surface area contributed by atoms with Gasteiger partial charge >= 0.3 is 5.97 Å². The Hall–Kier alpha value is -1.91. The number of ether oxygens (including phenoxy) is 1. The predicted octanol–water partition coefficient (Wildman–Crippen LogP) is 4.68. The highest BCUT2D eigenvalue weighted by molar-refractivity contribution is 6.99. The van der Waals surface area contributed by atoms with E-state index in [1.807, 2.05) is 0 Å². The minimum Gasteiger partial charge on any atom is -0.469 e. The Morgan fingerprint density at radius 2 is 1.41 bits per heavy atom. The third-order valence-corrected chi connectivity index (χ3v) is 11.3. The van der Waals surface area contributed by atoms with E-state index in [1.165, 1.54) is 17.5 Å². The monoisotopic (exact) mass is 410 g/mol. The summed E-state index contributed by atoms with van der Waals surface area (Å²) in [6.07, 6.45) is 4.81. The first-order chi connectivity index (χ1) is 13.9. The molecule has 3 nitrogen and oxygen atoms in total. The van der Waals surface area contributed by atoms with Crippen LogP contribution in [0, 0.1) is 5.92 Å². The van der Waals surface area contributed by atoms with Gasteiger partial charge in [0.15, 0.2) is 0 Å². The molecule has 0 bridgehead atoms. The zero-order valence-electron chi connectivity index (χ0n) is 18.2. The average molecular weight is 411 g/mol. The molecule has 3 rings (SSSR count). The molecule has 1 aliphatic rings. The Kier molecular flexibility index (Phi) is 6.96. The summed E-state index contributed by atoms with van der Waals surface area (Å²) in [6, 6.07) is 21.6. The van der Waals surface area contributed by atoms with Gasteiger partial charge < -0.3 is 9.16 Å². The lowest BCUT2D eigenvalue weighted by molar-refractivity contribution is -0.145. The van der Waals surface area contributed by atoms with Crippen molar-refractivity contribution in [1.82, 2.24) is 0 Å². The van der Waals surface area contributed by atoms with Gasteiger partial charge in [0.25, 0.3) is 8.32 Å². The van der Waals surface area contributed by atoms with Gasteiger partial charge in [-0.15, -0.1) is 0 Å². The summed E-state index contributed by atoms with van der Waals surface area (Å²) in [5.74, 6) is -0.0659. The van der Waals surface area contributed by atoms with E-state index in [1.54, 1.807) is 0 Å². The van der Waals surface area contributed by atoms with Gasteiger partial charge in [0, 0.05) is 6.10 Å². The molecule has 0 radical (unpaired) electrons. The van der Waals surface area contributed by atoms with E-state index >= 15 is 0 Å². The first-order valence-electron chi connectivity index (χ1n) is 10.7. The molecule has 0 aliphatic heterocycles. The molecule has 156 valence electrons. The van der Waals surface area contributed by atoms with Gasteiger partial charge in [-0.2, -0.15) is 0 Å². The fourth-order valence-corrected chi connectivity index (χ4v) is 9.48. The summed E-state index contributed by atoms with van der Waals surface area (Å²) in [5, 5.41) is 2.60. The van der Waals surface area contributed by atoms with Crippen molar-refractivity contribution >= 4 is 24.7 Å². The minimum atomic E-state index is -2.53. The zero-order valence-corrected chi connectivity index (χ0v) is 19.2. The van der Waals surface area contributed by atoms with E-state index in [2.05, 4.69) is 81.4 Å². The molecule has 29 heavy (non-hydrogen) atoms. The molecule has 0 saturated heterocycles. The quantitative estimate of drug-likeness (QED) is 0.408. The number of benzene rings is 2. The van der Waals surface area contributed by atoms with Gasteiger partial charge in [0.05, 0.1) is 13.0 Å². The van der Waals surface area contributed by atoms with Crippen LogP contribution in [-0.4, -0.2) is 27.5 Å². The van der Waals surface area contributed by atoms with Crippen molar-refractivity contribution < 1.29 is 14.0 Å². The Morgan fingerprint density at radius 1 is 0.862 bits per heavy atom. The van der Waals surface area contributed by atoms with E-state index < -0.39 is 8.32 Å². The van der Waals surface area contributed by atoms with Crippen molar-refractivity contribution in [1.29, 1.82) is 0 Å². The second-order valence-corrected chi connectivity index (χ2v) is 13.4. The number of methoxy groups -OCH3 is 1. The van der Waals surface area contributed by atoms with E-state index in [9.17, 15) is 4.79 Å². The maximum atomic E-state index is 12.1. The summed E-state index contributed by atoms with van der Waals surface area (Å²) >= 11 is 0. The van der Waals surface area contributed by atoms with Crippen LogP contribution in [0.25, 0.3) is 0 Å². The predicted molar refractivity (Wildman–Crippen MR) is 121 cm³/mol. The van der Waals surface area contributed by atoms with Crippen molar-refractivity contribution in [2.45, 2.75) is 64.0 Å². The molecule has 2 aromatic rings. The molecule has 0 aromatic heterocycles. The Balaban J connectivity index is 1.99. The van der Waals surface area contributed by atoms with Crippen LogP contribution in [0.3, 0.4) is 0 Å². The highest BCUT2D eigenvalue weighted by Crippen LogP contribution is 2.39. The lowest BCUT2D eigenvalue weighted by atomic mass is 10.0. The van der Waals surface area contributed by atoms with Gasteiger partial charge in [-0.1, -0.05) is 87.9 Å². The molecule has 1 saturated carbocycles. The molecule has 4 heteroatoms. The molecule has 1 aliphatic carbocycles. The normalized spacial score (nSPS) is 20.7. The lowest BCUT2D eigenvalue weighted by Crippen LogP contribution is -2.67. The summed E-state index contributed by atoms with van der Waals surface area (Å²) in [6.45, 7) is 6.94. The van der Waals surface area contributed by atoms with E-state index in [-0.39, 0.29) is 23.0 Å². The molecular weight excluding hydrogens is 376 g/mol. The van der Waals surface area contributed by atoms with Gasteiger partial charge in [-0.25, -0.2) is 0 Å². The molecule has 2 atom stereocenters. The summed E-state index contributed by atoms with van der Waals surface area (Å²) < 4.78 is 12.2. The van der Waals surface area contributed by atoms with Gasteiger partial charge in [0.1, 0.15) is 0 Å². The fourth-order valence-electron chi connectivity index (χ4n) is 4.73. The van der Waals surface area contributed by atoms with Crippen molar-refractivity contribution in [3.05, 3.63) is 60.7 Å². The Bertz CT molecular complexity index is 743. The molecule has 0 spiro atoms. The maximum Gasteiger partial charge on any atom is 0.308 e. The van der Waals surface area contributed by atoms with Crippen LogP contribution in [-0.2, 0) is 14.0 Å². The highest BCUT2D eigenvalue weighted by Gasteiger charge is 2.51. The van der Waals surface area contributed by atoms with E-state index in [0.29, 0.717) is 0 Å². The van der Waals surface area contributed by atoms with Crippen molar-refractivity contribution in [3.8, 4) is 0 Å². The number of rotatable bonds is 5. The lowest BCUT2D eigenvalue weighted by Gasteiger charge is -2.45. The molecule has 1 fully saturated rings. The number of hydrogen-bond acceptors (Lipinski definition) is 3. The number of carbonyl (C=O) groups is 1. The third-order valence-electron chi connectivity index (χ3n) is 6.21. The van der Waals surface area contributed by atoms with Crippen LogP contribution in [0.1, 0.15) is 52.9 Å². The van der Waals surface area contributed by atoms with Crippen LogP contribution < -0.4 is 10.4 Å². The first kappa shape index (κ1) is 21.8. The molecule has 2 aromatic carbocycles. The first-order valence-corrected chi connectivity index (χ1v) is 12.7. The third kappa shape index (κ3) is 4.64. The molecule has 0 heterocycles. The standard InChI is InChI=1S/C25H34O3Si/c1-25(2,3)29(22-14-7-5-8-15-22,23-16-9-6-10-17-23)28-21-13-11-12-20(18-19-21)24(26)27-4/h5-10,14-17,20-21H,11-13,18-19H2,1-4H3. The van der Waals surface area contributed by atoms with Gasteiger partial charge in [0.2, 0.25) is 0 Å². The maximum absolute atomic E-state index is 12.1. The van der Waals surface area contributed by atoms with Crippen molar-refractivity contribution in [2.24, 2.45) is 5.92 Å². The Labute approximate surface area is 176 Å².